The molecule has 84 valence electrons. The molecule has 0 amide bonds. The molecule has 1 rings (SSSR count). The second-order valence-electron chi connectivity index (χ2n) is 2.98. The van der Waals surface area contributed by atoms with Crippen LogP contribution in [0.15, 0.2) is 4.90 Å². The molecule has 0 aliphatic carbocycles. The van der Waals surface area contributed by atoms with Gasteiger partial charge < -0.3 is 5.11 Å². The average Bonchev–Trinajstić information content (AvgIpc) is 2.47. The van der Waals surface area contributed by atoms with Gasteiger partial charge in [-0.2, -0.15) is 5.10 Å². The van der Waals surface area contributed by atoms with E-state index in [0.29, 0.717) is 12.8 Å². The number of aromatic nitrogens is 2. The molecule has 0 radical (unpaired) electrons. The van der Waals surface area contributed by atoms with Gasteiger partial charge in [-0.3, -0.25) is 5.10 Å². The van der Waals surface area contributed by atoms with Crippen molar-refractivity contribution >= 4 is 16.0 Å². The van der Waals surface area contributed by atoms with Crippen LogP contribution in [0, 0.1) is 0 Å². The largest absolute Gasteiger partial charge is 0.476 e. The minimum Gasteiger partial charge on any atom is -0.476 e. The van der Waals surface area contributed by atoms with Crippen LogP contribution in [0.25, 0.3) is 0 Å². The Kier molecular flexibility index (Phi) is 3.10. The fourth-order valence-electron chi connectivity index (χ4n) is 1.24. The summed E-state index contributed by atoms with van der Waals surface area (Å²) in [7, 11) is -4.06. The first-order valence-electron chi connectivity index (χ1n) is 4.21. The van der Waals surface area contributed by atoms with Gasteiger partial charge >= 0.3 is 5.97 Å². The molecule has 1 heterocycles. The van der Waals surface area contributed by atoms with E-state index in [1.807, 2.05) is 6.92 Å². The molecule has 0 spiro atoms. The number of primary sulfonamides is 1. The van der Waals surface area contributed by atoms with E-state index in [9.17, 15) is 13.2 Å². The third-order valence-electron chi connectivity index (χ3n) is 1.78. The second kappa shape index (κ2) is 3.99. The SMILES string of the molecule is CCCc1[nH]nc(C(=O)O)c1S(N)(=O)=O. The number of hydrogen-bond donors (Lipinski definition) is 3. The van der Waals surface area contributed by atoms with Gasteiger partial charge in [-0.15, -0.1) is 0 Å². The molecule has 4 N–H and O–H groups in total. The molecular formula is C7H11N3O4S. The van der Waals surface area contributed by atoms with Crippen molar-refractivity contribution in [1.29, 1.82) is 0 Å². The highest BCUT2D eigenvalue weighted by molar-refractivity contribution is 7.89. The average molecular weight is 233 g/mol. The first-order chi connectivity index (χ1) is 6.88. The van der Waals surface area contributed by atoms with Gasteiger partial charge in [0.05, 0.1) is 5.69 Å². The highest BCUT2D eigenvalue weighted by Crippen LogP contribution is 2.17. The molecular weight excluding hydrogens is 222 g/mol. The van der Waals surface area contributed by atoms with Crippen LogP contribution in [0.2, 0.25) is 0 Å². The van der Waals surface area contributed by atoms with Crippen LogP contribution in [0.1, 0.15) is 29.5 Å². The Bertz CT molecular complexity index is 476. The molecule has 8 heteroatoms. The molecule has 0 fully saturated rings. The molecule has 0 saturated heterocycles. The number of rotatable bonds is 4. The fourth-order valence-corrected chi connectivity index (χ4v) is 2.13. The number of aryl methyl sites for hydroxylation is 1. The van der Waals surface area contributed by atoms with E-state index in [1.165, 1.54) is 0 Å². The number of nitrogens with one attached hydrogen (secondary N) is 1. The van der Waals surface area contributed by atoms with Crippen LogP contribution < -0.4 is 5.14 Å². The highest BCUT2D eigenvalue weighted by atomic mass is 32.2. The van der Waals surface area contributed by atoms with Crippen LogP contribution in [0.3, 0.4) is 0 Å². The molecule has 0 aromatic carbocycles. The highest BCUT2D eigenvalue weighted by Gasteiger charge is 2.26. The van der Waals surface area contributed by atoms with E-state index in [2.05, 4.69) is 10.2 Å². The number of carboxylic acids is 1. The topological polar surface area (TPSA) is 126 Å². The number of aromatic amines is 1. The van der Waals surface area contributed by atoms with Gasteiger partial charge in [-0.25, -0.2) is 18.4 Å². The molecule has 0 bridgehead atoms. The number of sulfonamides is 1. The molecule has 0 aliphatic rings. The maximum atomic E-state index is 11.2. The normalized spacial score (nSPS) is 11.6. The van der Waals surface area contributed by atoms with Gasteiger partial charge in [0.25, 0.3) is 0 Å². The summed E-state index contributed by atoms with van der Waals surface area (Å²) in [6, 6.07) is 0. The van der Waals surface area contributed by atoms with Gasteiger partial charge in [-0.05, 0) is 6.42 Å². The lowest BCUT2D eigenvalue weighted by molar-refractivity contribution is 0.0686. The van der Waals surface area contributed by atoms with Gasteiger partial charge in [0.2, 0.25) is 10.0 Å². The molecule has 0 unspecified atom stereocenters. The minimum atomic E-state index is -4.06. The fraction of sp³-hybridized carbons (Fsp3) is 0.429. The molecule has 1 aromatic heterocycles. The molecule has 7 nitrogen and oxygen atoms in total. The molecule has 0 saturated carbocycles. The third kappa shape index (κ3) is 2.34. The number of nitrogens with zero attached hydrogens (tertiary/aromatic N) is 1. The Hall–Kier alpha value is -1.41. The van der Waals surface area contributed by atoms with E-state index in [4.69, 9.17) is 10.2 Å². The summed E-state index contributed by atoms with van der Waals surface area (Å²) in [6.07, 6.45) is 1.04. The van der Waals surface area contributed by atoms with Crippen molar-refractivity contribution in [3.05, 3.63) is 11.4 Å². The number of nitrogens with two attached hydrogens (primary N) is 1. The zero-order valence-electron chi connectivity index (χ0n) is 8.02. The predicted octanol–water partition coefficient (Wildman–Crippen LogP) is -0.292. The maximum Gasteiger partial charge on any atom is 0.357 e. The Morgan fingerprint density at radius 3 is 2.60 bits per heavy atom. The first kappa shape index (κ1) is 11.7. The number of H-pyrrole nitrogens is 1. The van der Waals surface area contributed by atoms with Crippen molar-refractivity contribution in [2.45, 2.75) is 24.7 Å². The zero-order chi connectivity index (χ0) is 11.6. The minimum absolute atomic E-state index is 0.234. The summed E-state index contributed by atoms with van der Waals surface area (Å²) in [5.41, 5.74) is -0.321. The zero-order valence-corrected chi connectivity index (χ0v) is 8.84. The lowest BCUT2D eigenvalue weighted by Crippen LogP contribution is -2.17. The molecule has 0 atom stereocenters. The number of aromatic carboxylic acids is 1. The van der Waals surface area contributed by atoms with E-state index in [0.717, 1.165) is 0 Å². The van der Waals surface area contributed by atoms with Crippen LogP contribution in [0.4, 0.5) is 0 Å². The summed E-state index contributed by atoms with van der Waals surface area (Å²) in [5, 5.41) is 19.4. The summed E-state index contributed by atoms with van der Waals surface area (Å²) >= 11 is 0. The third-order valence-corrected chi connectivity index (χ3v) is 2.79. The summed E-state index contributed by atoms with van der Waals surface area (Å²) in [4.78, 5) is 10.3. The van der Waals surface area contributed by atoms with Gasteiger partial charge in [-0.1, -0.05) is 13.3 Å². The van der Waals surface area contributed by atoms with Gasteiger partial charge in [0.15, 0.2) is 5.69 Å². The van der Waals surface area contributed by atoms with E-state index < -0.39 is 26.6 Å². The van der Waals surface area contributed by atoms with Crippen molar-refractivity contribution in [1.82, 2.24) is 10.2 Å². The first-order valence-corrected chi connectivity index (χ1v) is 5.76. The van der Waals surface area contributed by atoms with E-state index in [1.54, 1.807) is 0 Å². The number of carboxylic acid groups (broad SMARTS) is 1. The second-order valence-corrected chi connectivity index (χ2v) is 4.48. The maximum absolute atomic E-state index is 11.2. The van der Waals surface area contributed by atoms with Gasteiger partial charge in [0.1, 0.15) is 4.90 Å². The Balaban J connectivity index is 3.40. The molecule has 0 aliphatic heterocycles. The molecule has 1 aromatic rings. The van der Waals surface area contributed by atoms with Crippen LogP contribution in [-0.2, 0) is 16.4 Å². The number of carbonyl (C=O) groups is 1. The van der Waals surface area contributed by atoms with Crippen LogP contribution in [0.5, 0.6) is 0 Å². The summed E-state index contributed by atoms with van der Waals surface area (Å²) in [5.74, 6) is -1.42. The van der Waals surface area contributed by atoms with Crippen molar-refractivity contribution < 1.29 is 18.3 Å². The van der Waals surface area contributed by atoms with Crippen molar-refractivity contribution in [3.63, 3.8) is 0 Å². The van der Waals surface area contributed by atoms with Crippen LogP contribution in [-0.4, -0.2) is 29.7 Å². The predicted molar refractivity (Wildman–Crippen MR) is 50.9 cm³/mol. The lowest BCUT2D eigenvalue weighted by atomic mass is 10.2. The Labute approximate surface area is 86.3 Å². The number of hydrogen-bond acceptors (Lipinski definition) is 4. The van der Waals surface area contributed by atoms with Gasteiger partial charge in [0, 0.05) is 0 Å². The van der Waals surface area contributed by atoms with Crippen molar-refractivity contribution in [3.8, 4) is 0 Å². The summed E-state index contributed by atoms with van der Waals surface area (Å²) in [6.45, 7) is 1.83. The van der Waals surface area contributed by atoms with Crippen molar-refractivity contribution in [2.24, 2.45) is 5.14 Å². The molecule has 15 heavy (non-hydrogen) atoms. The quantitative estimate of drug-likeness (QED) is 0.658. The Morgan fingerprint density at radius 2 is 2.20 bits per heavy atom. The summed E-state index contributed by atoms with van der Waals surface area (Å²) < 4.78 is 22.3. The van der Waals surface area contributed by atoms with Crippen molar-refractivity contribution in [2.75, 3.05) is 0 Å². The lowest BCUT2D eigenvalue weighted by Gasteiger charge is -1.99. The standard InChI is InChI=1S/C7H11N3O4S/c1-2-3-4-6(15(8,13)14)5(7(11)12)10-9-4/h2-3H2,1H3,(H,9,10)(H,11,12)(H2,8,13,14). The van der Waals surface area contributed by atoms with E-state index >= 15 is 0 Å². The van der Waals surface area contributed by atoms with E-state index in [-0.39, 0.29) is 5.69 Å². The Morgan fingerprint density at radius 1 is 1.60 bits per heavy atom. The smallest absolute Gasteiger partial charge is 0.357 e. The monoisotopic (exact) mass is 233 g/mol. The van der Waals surface area contributed by atoms with Crippen LogP contribution >= 0.6 is 0 Å².